The second-order valence-electron chi connectivity index (χ2n) is 5.57. The molecule has 1 fully saturated rings. The van der Waals surface area contributed by atoms with Crippen molar-refractivity contribution >= 4 is 17.7 Å². The third-order valence-corrected chi connectivity index (χ3v) is 5.41. The van der Waals surface area contributed by atoms with Crippen LogP contribution in [0.2, 0.25) is 0 Å². The van der Waals surface area contributed by atoms with Gasteiger partial charge in [0.2, 0.25) is 6.79 Å². The van der Waals surface area contributed by atoms with Crippen LogP contribution in [0.5, 0.6) is 17.2 Å². The highest BCUT2D eigenvalue weighted by molar-refractivity contribution is 7.99. The smallest absolute Gasteiger partial charge is 0.255 e. The Bertz CT molecular complexity index is 779. The van der Waals surface area contributed by atoms with Gasteiger partial charge in [0, 0.05) is 17.9 Å². The van der Waals surface area contributed by atoms with Crippen molar-refractivity contribution in [1.29, 1.82) is 0 Å². The van der Waals surface area contributed by atoms with Gasteiger partial charge >= 0.3 is 0 Å². The molecule has 0 bridgehead atoms. The predicted octanol–water partition coefficient (Wildman–Crippen LogP) is 3.31. The van der Waals surface area contributed by atoms with Gasteiger partial charge in [0.25, 0.3) is 5.91 Å². The highest BCUT2D eigenvalue weighted by atomic mass is 32.2. The molecule has 2 aromatic rings. The summed E-state index contributed by atoms with van der Waals surface area (Å²) in [7, 11) is 1.60. The number of rotatable bonds is 3. The maximum atomic E-state index is 12.9. The summed E-state index contributed by atoms with van der Waals surface area (Å²) in [5.74, 6) is 3.12. The fourth-order valence-corrected chi connectivity index (χ4v) is 4.19. The van der Waals surface area contributed by atoms with Gasteiger partial charge in [-0.25, -0.2) is 0 Å². The molecule has 1 amide bonds. The van der Waals surface area contributed by atoms with Gasteiger partial charge in [-0.3, -0.25) is 4.79 Å². The Balaban J connectivity index is 1.61. The Morgan fingerprint density at radius 2 is 2.08 bits per heavy atom. The number of carbonyl (C=O) groups excluding carboxylic acids is 1. The molecule has 2 aliphatic rings. The first-order valence-corrected chi connectivity index (χ1v) is 8.77. The molecule has 1 atom stereocenters. The fraction of sp³-hybridized carbons (Fsp3) is 0.278. The molecule has 6 heteroatoms. The second-order valence-corrected chi connectivity index (χ2v) is 6.75. The summed E-state index contributed by atoms with van der Waals surface area (Å²) >= 11 is 1.76. The number of hydrogen-bond donors (Lipinski definition) is 0. The topological polar surface area (TPSA) is 48.0 Å². The fourth-order valence-electron chi connectivity index (χ4n) is 2.94. The number of carbonyl (C=O) groups is 1. The average molecular weight is 343 g/mol. The van der Waals surface area contributed by atoms with Crippen molar-refractivity contribution in [3.8, 4) is 17.2 Å². The predicted molar refractivity (Wildman–Crippen MR) is 91.8 cm³/mol. The molecule has 4 rings (SSSR count). The molecule has 0 spiro atoms. The van der Waals surface area contributed by atoms with Gasteiger partial charge in [0.1, 0.15) is 11.1 Å². The van der Waals surface area contributed by atoms with Crippen molar-refractivity contribution in [3.05, 3.63) is 53.6 Å². The van der Waals surface area contributed by atoms with E-state index in [0.29, 0.717) is 11.3 Å². The summed E-state index contributed by atoms with van der Waals surface area (Å²) in [6.45, 7) is 0.975. The lowest BCUT2D eigenvalue weighted by atomic mass is 10.1. The third kappa shape index (κ3) is 2.67. The second kappa shape index (κ2) is 6.28. The van der Waals surface area contributed by atoms with Crippen molar-refractivity contribution in [2.24, 2.45) is 0 Å². The van der Waals surface area contributed by atoms with Crippen LogP contribution in [0.15, 0.2) is 42.5 Å². The summed E-state index contributed by atoms with van der Waals surface area (Å²) in [4.78, 5) is 14.8. The quantitative estimate of drug-likeness (QED) is 0.856. The van der Waals surface area contributed by atoms with E-state index in [-0.39, 0.29) is 18.1 Å². The molecule has 2 heterocycles. The lowest BCUT2D eigenvalue weighted by Gasteiger charge is -2.24. The van der Waals surface area contributed by atoms with Crippen molar-refractivity contribution < 1.29 is 19.0 Å². The minimum atomic E-state index is -0.0156. The van der Waals surface area contributed by atoms with Crippen LogP contribution in [0, 0.1) is 0 Å². The summed E-state index contributed by atoms with van der Waals surface area (Å²) in [5.41, 5.74) is 1.69. The molecular weight excluding hydrogens is 326 g/mol. The van der Waals surface area contributed by atoms with Crippen LogP contribution in [0.1, 0.15) is 21.3 Å². The van der Waals surface area contributed by atoms with Crippen LogP contribution in [-0.2, 0) is 0 Å². The molecule has 2 aliphatic heterocycles. The Morgan fingerprint density at radius 3 is 2.96 bits per heavy atom. The molecule has 0 saturated carbocycles. The minimum absolute atomic E-state index is 0.0153. The number of fused-ring (bicyclic) bond motifs is 1. The van der Waals surface area contributed by atoms with E-state index in [9.17, 15) is 4.79 Å². The van der Waals surface area contributed by atoms with Crippen LogP contribution < -0.4 is 14.2 Å². The van der Waals surface area contributed by atoms with Gasteiger partial charge in [-0.15, -0.1) is 11.8 Å². The van der Waals surface area contributed by atoms with Crippen molar-refractivity contribution in [3.63, 3.8) is 0 Å². The largest absolute Gasteiger partial charge is 0.497 e. The van der Waals surface area contributed by atoms with Gasteiger partial charge in [0.15, 0.2) is 11.5 Å². The first-order chi connectivity index (χ1) is 11.8. The number of ether oxygens (including phenoxy) is 3. The third-order valence-electron chi connectivity index (χ3n) is 4.15. The molecule has 0 aliphatic carbocycles. The Kier molecular flexibility index (Phi) is 3.98. The zero-order valence-corrected chi connectivity index (χ0v) is 14.0. The van der Waals surface area contributed by atoms with Crippen LogP contribution in [-0.4, -0.2) is 37.0 Å². The van der Waals surface area contributed by atoms with E-state index in [1.807, 2.05) is 41.3 Å². The van der Waals surface area contributed by atoms with E-state index in [1.165, 1.54) is 0 Å². The number of methoxy groups -OCH3 is 1. The first-order valence-electron chi connectivity index (χ1n) is 7.72. The number of thioether (sulfide) groups is 1. The summed E-state index contributed by atoms with van der Waals surface area (Å²) < 4.78 is 16.0. The normalized spacial score (nSPS) is 18.7. The van der Waals surface area contributed by atoms with E-state index < -0.39 is 0 Å². The van der Waals surface area contributed by atoms with Crippen LogP contribution in [0.25, 0.3) is 0 Å². The van der Waals surface area contributed by atoms with Gasteiger partial charge < -0.3 is 19.1 Å². The van der Waals surface area contributed by atoms with E-state index in [2.05, 4.69) is 0 Å². The average Bonchev–Trinajstić information content (AvgIpc) is 3.29. The monoisotopic (exact) mass is 343 g/mol. The molecule has 1 unspecified atom stereocenters. The molecule has 2 aromatic carbocycles. The molecule has 124 valence electrons. The molecule has 0 radical (unpaired) electrons. The molecule has 1 saturated heterocycles. The minimum Gasteiger partial charge on any atom is -0.497 e. The van der Waals surface area contributed by atoms with E-state index in [1.54, 1.807) is 24.9 Å². The Morgan fingerprint density at radius 1 is 1.21 bits per heavy atom. The Labute approximate surface area is 144 Å². The number of amides is 1. The first kappa shape index (κ1) is 15.2. The lowest BCUT2D eigenvalue weighted by Crippen LogP contribution is -2.30. The van der Waals surface area contributed by atoms with Crippen LogP contribution in [0.3, 0.4) is 0 Å². The molecular formula is C18H17NO4S. The molecule has 0 N–H and O–H groups in total. The summed E-state index contributed by atoms with van der Waals surface area (Å²) in [6, 6.07) is 13.2. The maximum absolute atomic E-state index is 12.9. The van der Waals surface area contributed by atoms with E-state index >= 15 is 0 Å². The van der Waals surface area contributed by atoms with Gasteiger partial charge in [0.05, 0.1) is 7.11 Å². The number of hydrogen-bond acceptors (Lipinski definition) is 5. The van der Waals surface area contributed by atoms with Crippen molar-refractivity contribution in [1.82, 2.24) is 4.90 Å². The van der Waals surface area contributed by atoms with Crippen molar-refractivity contribution in [2.45, 2.75) is 5.37 Å². The number of benzene rings is 2. The van der Waals surface area contributed by atoms with Crippen LogP contribution in [0.4, 0.5) is 0 Å². The van der Waals surface area contributed by atoms with E-state index in [4.69, 9.17) is 14.2 Å². The summed E-state index contributed by atoms with van der Waals surface area (Å²) in [6.07, 6.45) is 0. The highest BCUT2D eigenvalue weighted by Crippen LogP contribution is 2.42. The van der Waals surface area contributed by atoms with E-state index in [0.717, 1.165) is 29.4 Å². The molecule has 24 heavy (non-hydrogen) atoms. The van der Waals surface area contributed by atoms with Crippen LogP contribution >= 0.6 is 11.8 Å². The number of nitrogens with zero attached hydrogens (tertiary/aromatic N) is 1. The molecule has 0 aromatic heterocycles. The van der Waals surface area contributed by atoms with Gasteiger partial charge in [-0.2, -0.15) is 0 Å². The maximum Gasteiger partial charge on any atom is 0.255 e. The van der Waals surface area contributed by atoms with Crippen molar-refractivity contribution in [2.75, 3.05) is 26.2 Å². The zero-order chi connectivity index (χ0) is 16.5. The zero-order valence-electron chi connectivity index (χ0n) is 13.2. The van der Waals surface area contributed by atoms with Gasteiger partial charge in [-0.05, 0) is 35.9 Å². The Hall–Kier alpha value is -2.34. The SMILES string of the molecule is COc1cccc(C(=O)N2CCSC2c2ccc3c(c2)OCO3)c1. The lowest BCUT2D eigenvalue weighted by molar-refractivity contribution is 0.0760. The standard InChI is InChI=1S/C18H17NO4S/c1-21-14-4-2-3-12(9-14)17(20)19-7-8-24-18(19)13-5-6-15-16(10-13)23-11-22-15/h2-6,9-10,18H,7-8,11H2,1H3. The molecule has 5 nitrogen and oxygen atoms in total. The summed E-state index contributed by atoms with van der Waals surface area (Å²) in [5, 5.41) is -0.0156. The van der Waals surface area contributed by atoms with Gasteiger partial charge in [-0.1, -0.05) is 12.1 Å². The highest BCUT2D eigenvalue weighted by Gasteiger charge is 2.32.